The van der Waals surface area contributed by atoms with Gasteiger partial charge in [-0.05, 0) is 52.2 Å². The molecule has 0 bridgehead atoms. The number of nitrogens with two attached hydrogens (primary N) is 1. The molecule has 0 unspecified atom stereocenters. The number of nitrogen functional groups attached to an aromatic ring is 1. The number of nitriles is 1. The van der Waals surface area contributed by atoms with Crippen LogP contribution in [-0.4, -0.2) is 38.6 Å². The monoisotopic (exact) mass is 246 g/mol. The number of benzene rings is 1. The van der Waals surface area contributed by atoms with Crippen molar-refractivity contribution in [2.45, 2.75) is 13.3 Å². The Bertz CT molecular complexity index is 420. The molecule has 0 heterocycles. The molecule has 1 aromatic carbocycles. The zero-order valence-electron chi connectivity index (χ0n) is 11.5. The van der Waals surface area contributed by atoms with Crippen LogP contribution in [0.4, 0.5) is 11.4 Å². The molecule has 0 amide bonds. The van der Waals surface area contributed by atoms with Gasteiger partial charge in [0.2, 0.25) is 0 Å². The van der Waals surface area contributed by atoms with Gasteiger partial charge >= 0.3 is 0 Å². The predicted octanol–water partition coefficient (Wildman–Crippen LogP) is 1.92. The highest BCUT2D eigenvalue weighted by Crippen LogP contribution is 2.24. The van der Waals surface area contributed by atoms with Crippen molar-refractivity contribution in [1.82, 2.24) is 4.90 Å². The quantitative estimate of drug-likeness (QED) is 0.779. The molecule has 0 atom stereocenters. The molecular weight excluding hydrogens is 224 g/mol. The Labute approximate surface area is 110 Å². The average molecular weight is 246 g/mol. The summed E-state index contributed by atoms with van der Waals surface area (Å²) in [6.45, 7) is 5.00. The van der Waals surface area contributed by atoms with Crippen LogP contribution < -0.4 is 10.6 Å². The molecule has 1 rings (SSSR count). The molecule has 0 aliphatic rings. The molecule has 0 fully saturated rings. The third-order valence-electron chi connectivity index (χ3n) is 2.92. The molecule has 0 aromatic heterocycles. The summed E-state index contributed by atoms with van der Waals surface area (Å²) in [5.41, 5.74) is 8.35. The van der Waals surface area contributed by atoms with E-state index in [0.717, 1.165) is 37.4 Å². The maximum Gasteiger partial charge on any atom is 0.0992 e. The van der Waals surface area contributed by atoms with Crippen LogP contribution >= 0.6 is 0 Å². The van der Waals surface area contributed by atoms with Crippen molar-refractivity contribution in [3.63, 3.8) is 0 Å². The normalized spacial score (nSPS) is 10.4. The first-order valence-electron chi connectivity index (χ1n) is 6.27. The first-order chi connectivity index (χ1) is 8.58. The van der Waals surface area contributed by atoms with Gasteiger partial charge in [-0.25, -0.2) is 0 Å². The molecule has 4 nitrogen and oxygen atoms in total. The maximum absolute atomic E-state index is 8.94. The molecule has 0 radical (unpaired) electrons. The van der Waals surface area contributed by atoms with Crippen LogP contribution in [0.2, 0.25) is 0 Å². The second kappa shape index (κ2) is 6.87. The lowest BCUT2D eigenvalue weighted by molar-refractivity contribution is 0.400. The minimum absolute atomic E-state index is 0.658. The minimum atomic E-state index is 0.658. The summed E-state index contributed by atoms with van der Waals surface area (Å²) in [7, 11) is 4.14. The van der Waals surface area contributed by atoms with Gasteiger partial charge in [0, 0.05) is 13.1 Å². The molecule has 0 saturated heterocycles. The lowest BCUT2D eigenvalue weighted by Gasteiger charge is -2.25. The number of nitrogens with zero attached hydrogens (tertiary/aromatic N) is 3. The Balaban J connectivity index is 2.78. The van der Waals surface area contributed by atoms with E-state index < -0.39 is 0 Å². The summed E-state index contributed by atoms with van der Waals surface area (Å²) in [4.78, 5) is 4.39. The van der Waals surface area contributed by atoms with Gasteiger partial charge in [-0.3, -0.25) is 0 Å². The van der Waals surface area contributed by atoms with Crippen LogP contribution in [-0.2, 0) is 0 Å². The zero-order valence-corrected chi connectivity index (χ0v) is 11.5. The molecule has 0 aliphatic heterocycles. The summed E-state index contributed by atoms with van der Waals surface area (Å²) >= 11 is 0. The van der Waals surface area contributed by atoms with Crippen molar-refractivity contribution in [3.05, 3.63) is 23.8 Å². The van der Waals surface area contributed by atoms with Crippen molar-refractivity contribution < 1.29 is 0 Å². The summed E-state index contributed by atoms with van der Waals surface area (Å²) in [6, 6.07) is 7.59. The van der Waals surface area contributed by atoms with Gasteiger partial charge in [0.05, 0.1) is 23.0 Å². The molecule has 0 aliphatic carbocycles. The van der Waals surface area contributed by atoms with Gasteiger partial charge in [0.25, 0.3) is 0 Å². The Morgan fingerprint density at radius 2 is 2.00 bits per heavy atom. The van der Waals surface area contributed by atoms with Crippen molar-refractivity contribution in [2.24, 2.45) is 0 Å². The van der Waals surface area contributed by atoms with Crippen LogP contribution in [0.3, 0.4) is 0 Å². The van der Waals surface area contributed by atoms with E-state index in [-0.39, 0.29) is 0 Å². The van der Waals surface area contributed by atoms with E-state index in [1.54, 1.807) is 6.07 Å². The van der Waals surface area contributed by atoms with Crippen LogP contribution in [0.15, 0.2) is 18.2 Å². The summed E-state index contributed by atoms with van der Waals surface area (Å²) in [6.07, 6.45) is 1.08. The first kappa shape index (κ1) is 14.3. The van der Waals surface area contributed by atoms with Gasteiger partial charge in [-0.2, -0.15) is 5.26 Å². The minimum Gasteiger partial charge on any atom is -0.397 e. The van der Waals surface area contributed by atoms with Gasteiger partial charge in [0.15, 0.2) is 0 Å². The first-order valence-corrected chi connectivity index (χ1v) is 6.27. The maximum atomic E-state index is 8.94. The topological polar surface area (TPSA) is 56.3 Å². The molecule has 4 heteroatoms. The lowest BCUT2D eigenvalue weighted by atomic mass is 10.1. The number of anilines is 2. The van der Waals surface area contributed by atoms with Crippen molar-refractivity contribution in [2.75, 3.05) is 44.4 Å². The van der Waals surface area contributed by atoms with E-state index >= 15 is 0 Å². The Morgan fingerprint density at radius 3 is 2.56 bits per heavy atom. The molecule has 18 heavy (non-hydrogen) atoms. The van der Waals surface area contributed by atoms with Crippen LogP contribution in [0.1, 0.15) is 18.9 Å². The van der Waals surface area contributed by atoms with Gasteiger partial charge in [0.1, 0.15) is 0 Å². The Morgan fingerprint density at radius 1 is 1.28 bits per heavy atom. The molecule has 0 saturated carbocycles. The average Bonchev–Trinajstić information content (AvgIpc) is 2.35. The van der Waals surface area contributed by atoms with Crippen LogP contribution in [0.25, 0.3) is 0 Å². The zero-order chi connectivity index (χ0) is 13.5. The summed E-state index contributed by atoms with van der Waals surface area (Å²) < 4.78 is 0. The highest BCUT2D eigenvalue weighted by molar-refractivity contribution is 5.69. The standard InChI is InChI=1S/C14H22N4/c1-4-18(9-5-8-17(2)3)14-10-12(11-15)6-7-13(14)16/h6-7,10H,4-5,8-9,16H2,1-3H3. The second-order valence-corrected chi connectivity index (χ2v) is 4.62. The van der Waals surface area contributed by atoms with E-state index in [1.807, 2.05) is 12.1 Å². The summed E-state index contributed by atoms with van der Waals surface area (Å²) in [5, 5.41) is 8.94. The third kappa shape index (κ3) is 3.94. The molecule has 0 spiro atoms. The fraction of sp³-hybridized carbons (Fsp3) is 0.500. The van der Waals surface area contributed by atoms with Crippen molar-refractivity contribution in [1.29, 1.82) is 5.26 Å². The fourth-order valence-corrected chi connectivity index (χ4v) is 1.91. The van der Waals surface area contributed by atoms with Crippen molar-refractivity contribution >= 4 is 11.4 Å². The van der Waals surface area contributed by atoms with E-state index in [1.165, 1.54) is 0 Å². The highest BCUT2D eigenvalue weighted by Gasteiger charge is 2.09. The van der Waals surface area contributed by atoms with E-state index in [9.17, 15) is 0 Å². The van der Waals surface area contributed by atoms with Crippen LogP contribution in [0, 0.1) is 11.3 Å². The molecule has 1 aromatic rings. The van der Waals surface area contributed by atoms with Gasteiger partial charge < -0.3 is 15.5 Å². The SMILES string of the molecule is CCN(CCCN(C)C)c1cc(C#N)ccc1N. The Kier molecular flexibility index (Phi) is 5.47. The second-order valence-electron chi connectivity index (χ2n) is 4.62. The number of hydrogen-bond acceptors (Lipinski definition) is 4. The fourth-order valence-electron chi connectivity index (χ4n) is 1.91. The van der Waals surface area contributed by atoms with E-state index in [2.05, 4.69) is 36.9 Å². The largest absolute Gasteiger partial charge is 0.397 e. The lowest BCUT2D eigenvalue weighted by Crippen LogP contribution is -2.27. The molecule has 2 N–H and O–H groups in total. The van der Waals surface area contributed by atoms with E-state index in [0.29, 0.717) is 5.56 Å². The van der Waals surface area contributed by atoms with Gasteiger partial charge in [-0.15, -0.1) is 0 Å². The van der Waals surface area contributed by atoms with Crippen LogP contribution in [0.5, 0.6) is 0 Å². The number of rotatable bonds is 6. The highest BCUT2D eigenvalue weighted by atomic mass is 15.1. The van der Waals surface area contributed by atoms with E-state index in [4.69, 9.17) is 11.0 Å². The van der Waals surface area contributed by atoms with Crippen molar-refractivity contribution in [3.8, 4) is 6.07 Å². The molecular formula is C14H22N4. The Hall–Kier alpha value is -1.73. The summed E-state index contributed by atoms with van der Waals surface area (Å²) in [5.74, 6) is 0. The number of hydrogen-bond donors (Lipinski definition) is 1. The van der Waals surface area contributed by atoms with Gasteiger partial charge in [-0.1, -0.05) is 0 Å². The smallest absolute Gasteiger partial charge is 0.0992 e. The third-order valence-corrected chi connectivity index (χ3v) is 2.92. The molecule has 98 valence electrons. The predicted molar refractivity (Wildman–Crippen MR) is 76.6 cm³/mol.